The molecule has 0 bridgehead atoms. The Labute approximate surface area is 187 Å². The van der Waals surface area contributed by atoms with Crippen LogP contribution in [0.3, 0.4) is 0 Å². The summed E-state index contributed by atoms with van der Waals surface area (Å²) >= 11 is 5.97. The minimum Gasteiger partial charge on any atom is -0.436 e. The molecule has 2 heterocycles. The van der Waals surface area contributed by atoms with Crippen molar-refractivity contribution in [3.63, 3.8) is 0 Å². The number of hydrogen-bond acceptors (Lipinski definition) is 5. The number of rotatable bonds is 2. The second kappa shape index (κ2) is 7.69. The van der Waals surface area contributed by atoms with Crippen LogP contribution >= 0.6 is 24.0 Å². The molecule has 1 aliphatic heterocycles. The molecule has 2 N–H and O–H groups in total. The van der Waals surface area contributed by atoms with Gasteiger partial charge in [0.05, 0.1) is 0 Å². The first kappa shape index (κ1) is 23.4. The van der Waals surface area contributed by atoms with Gasteiger partial charge in [-0.05, 0) is 51.1 Å². The fraction of sp³-hybridized carbons (Fsp3) is 0.333. The highest BCUT2D eigenvalue weighted by atomic mass is 35.5. The molecule has 2 aromatic carbocycles. The maximum absolute atomic E-state index is 15.6. The van der Waals surface area contributed by atoms with Gasteiger partial charge in [-0.15, -0.1) is 12.4 Å². The summed E-state index contributed by atoms with van der Waals surface area (Å²) in [6, 6.07) is 8.65. The molecule has 3 aromatic rings. The van der Waals surface area contributed by atoms with Gasteiger partial charge in [0.15, 0.2) is 11.1 Å². The lowest BCUT2D eigenvalue weighted by Crippen LogP contribution is -2.56. The maximum atomic E-state index is 15.6. The highest BCUT2D eigenvalue weighted by Gasteiger charge is 2.63. The van der Waals surface area contributed by atoms with Crippen molar-refractivity contribution in [2.75, 3.05) is 6.61 Å². The van der Waals surface area contributed by atoms with Crippen LogP contribution in [0.2, 0.25) is 5.02 Å². The molecule has 0 spiro atoms. The highest BCUT2D eigenvalue weighted by molar-refractivity contribution is 6.31. The number of fused-ring (bicyclic) bond motifs is 1. The molecule has 31 heavy (non-hydrogen) atoms. The summed E-state index contributed by atoms with van der Waals surface area (Å²) in [5.74, 6) is -4.45. The smallest absolute Gasteiger partial charge is 0.304 e. The maximum Gasteiger partial charge on any atom is 0.304 e. The number of alkyl halides is 2. The van der Waals surface area contributed by atoms with Crippen LogP contribution in [0.25, 0.3) is 22.6 Å². The standard InChI is InChI=1S/C21H19ClF3N3O2.ClH/c1-19(2)21(24,25)20(3,28-17(26)10-29-19)13-8-11(4-6-14(13)23)18-27-15-7-5-12(22)9-16(15)30-18;/h4-9H,10H2,1-3H3,(H2,26,28);1H. The molecular weight excluding hydrogens is 454 g/mol. The molecule has 0 radical (unpaired) electrons. The fourth-order valence-corrected chi connectivity index (χ4v) is 3.77. The van der Waals surface area contributed by atoms with Crippen LogP contribution in [0, 0.1) is 5.82 Å². The molecule has 0 saturated heterocycles. The van der Waals surface area contributed by atoms with Gasteiger partial charge in [-0.2, -0.15) is 0 Å². The van der Waals surface area contributed by atoms with Gasteiger partial charge in [-0.25, -0.2) is 18.2 Å². The van der Waals surface area contributed by atoms with Crippen LogP contribution in [0.1, 0.15) is 26.3 Å². The predicted octanol–water partition coefficient (Wildman–Crippen LogP) is 5.73. The van der Waals surface area contributed by atoms with Gasteiger partial charge < -0.3 is 14.9 Å². The topological polar surface area (TPSA) is 73.6 Å². The van der Waals surface area contributed by atoms with Gasteiger partial charge in [0.25, 0.3) is 0 Å². The van der Waals surface area contributed by atoms with Gasteiger partial charge in [0, 0.05) is 22.2 Å². The van der Waals surface area contributed by atoms with E-state index in [1.807, 2.05) is 0 Å². The molecule has 0 aliphatic carbocycles. The minimum absolute atomic E-state index is 0. The van der Waals surface area contributed by atoms with Crippen molar-refractivity contribution >= 4 is 40.9 Å². The first-order valence-corrected chi connectivity index (χ1v) is 9.55. The number of amidine groups is 1. The zero-order chi connectivity index (χ0) is 21.9. The van der Waals surface area contributed by atoms with Crippen molar-refractivity contribution < 1.29 is 22.3 Å². The van der Waals surface area contributed by atoms with E-state index in [2.05, 4.69) is 9.98 Å². The normalized spacial score (nSPS) is 22.5. The van der Waals surface area contributed by atoms with Crippen molar-refractivity contribution in [2.45, 2.75) is 37.8 Å². The Kier molecular flexibility index (Phi) is 5.80. The Morgan fingerprint density at radius 3 is 2.52 bits per heavy atom. The number of nitrogens with zero attached hydrogens (tertiary/aromatic N) is 2. The predicted molar refractivity (Wildman–Crippen MR) is 116 cm³/mol. The molecule has 5 nitrogen and oxygen atoms in total. The van der Waals surface area contributed by atoms with Gasteiger partial charge in [0.1, 0.15) is 29.4 Å². The number of ether oxygens (including phenoxy) is 1. The van der Waals surface area contributed by atoms with E-state index < -0.39 is 22.9 Å². The zero-order valence-electron chi connectivity index (χ0n) is 16.9. The van der Waals surface area contributed by atoms with Gasteiger partial charge in [0.2, 0.25) is 5.89 Å². The van der Waals surface area contributed by atoms with Gasteiger partial charge in [-0.1, -0.05) is 11.6 Å². The molecule has 1 aliphatic rings. The Morgan fingerprint density at radius 2 is 1.81 bits per heavy atom. The molecule has 166 valence electrons. The molecule has 4 rings (SSSR count). The summed E-state index contributed by atoms with van der Waals surface area (Å²) in [5.41, 5.74) is 2.45. The quantitative estimate of drug-likeness (QED) is 0.515. The van der Waals surface area contributed by atoms with Crippen molar-refractivity contribution in [3.8, 4) is 11.5 Å². The lowest BCUT2D eigenvalue weighted by Gasteiger charge is -2.42. The summed E-state index contributed by atoms with van der Waals surface area (Å²) in [7, 11) is 0. The lowest BCUT2D eigenvalue weighted by molar-refractivity contribution is -0.214. The van der Waals surface area contributed by atoms with E-state index in [-0.39, 0.29) is 36.3 Å². The number of oxazole rings is 1. The molecule has 10 heteroatoms. The SMILES string of the molecule is CC1(C)OCC(N)=NC(C)(c2cc(-c3nc4ccc(Cl)cc4o3)ccc2F)C1(F)F.Cl. The van der Waals surface area contributed by atoms with Gasteiger partial charge >= 0.3 is 5.92 Å². The number of aliphatic imine (C=N–C) groups is 1. The molecular formula is C21H20Cl2F3N3O2. The molecule has 1 unspecified atom stereocenters. The third-order valence-electron chi connectivity index (χ3n) is 5.40. The Bertz CT molecular complexity index is 1180. The molecule has 1 aromatic heterocycles. The Morgan fingerprint density at radius 1 is 1.10 bits per heavy atom. The van der Waals surface area contributed by atoms with Crippen LogP contribution < -0.4 is 5.73 Å². The summed E-state index contributed by atoms with van der Waals surface area (Å²) < 4.78 is 57.0. The van der Waals surface area contributed by atoms with Crippen molar-refractivity contribution in [3.05, 3.63) is 52.8 Å². The molecule has 0 fully saturated rings. The molecule has 0 amide bonds. The van der Waals surface area contributed by atoms with E-state index in [4.69, 9.17) is 26.5 Å². The Balaban J connectivity index is 0.00000272. The van der Waals surface area contributed by atoms with Crippen LogP contribution in [0.15, 0.2) is 45.8 Å². The average Bonchev–Trinajstić information content (AvgIpc) is 3.07. The lowest BCUT2D eigenvalue weighted by atomic mass is 9.77. The third-order valence-corrected chi connectivity index (χ3v) is 5.64. The van der Waals surface area contributed by atoms with E-state index in [0.29, 0.717) is 21.7 Å². The van der Waals surface area contributed by atoms with E-state index in [0.717, 1.165) is 13.0 Å². The monoisotopic (exact) mass is 473 g/mol. The highest BCUT2D eigenvalue weighted by Crippen LogP contribution is 2.51. The van der Waals surface area contributed by atoms with Crippen LogP contribution in [0.4, 0.5) is 13.2 Å². The van der Waals surface area contributed by atoms with Crippen LogP contribution in [-0.4, -0.2) is 29.0 Å². The van der Waals surface area contributed by atoms with Crippen molar-refractivity contribution in [1.82, 2.24) is 4.98 Å². The van der Waals surface area contributed by atoms with Crippen molar-refractivity contribution in [1.29, 1.82) is 0 Å². The summed E-state index contributed by atoms with van der Waals surface area (Å²) in [6.45, 7) is 3.31. The van der Waals surface area contributed by atoms with Crippen LogP contribution in [0.5, 0.6) is 0 Å². The first-order chi connectivity index (χ1) is 13.9. The number of benzene rings is 2. The number of aromatic nitrogens is 1. The summed E-state index contributed by atoms with van der Waals surface area (Å²) in [4.78, 5) is 8.33. The van der Waals surface area contributed by atoms with Gasteiger partial charge in [-0.3, -0.25) is 4.99 Å². The summed E-state index contributed by atoms with van der Waals surface area (Å²) in [6.07, 6.45) is 0. The number of nitrogens with two attached hydrogens (primary N) is 1. The van der Waals surface area contributed by atoms with Crippen LogP contribution in [-0.2, 0) is 10.3 Å². The second-order valence-electron chi connectivity index (χ2n) is 7.87. The number of hydrogen-bond donors (Lipinski definition) is 1. The zero-order valence-corrected chi connectivity index (χ0v) is 18.5. The molecule has 1 atom stereocenters. The average molecular weight is 474 g/mol. The summed E-state index contributed by atoms with van der Waals surface area (Å²) in [5, 5.41) is 0.461. The Hall–Kier alpha value is -2.29. The fourth-order valence-electron chi connectivity index (χ4n) is 3.60. The van der Waals surface area contributed by atoms with E-state index in [1.54, 1.807) is 18.2 Å². The van der Waals surface area contributed by atoms with Crippen molar-refractivity contribution in [2.24, 2.45) is 10.7 Å². The van der Waals surface area contributed by atoms with E-state index >= 15 is 8.78 Å². The second-order valence-corrected chi connectivity index (χ2v) is 8.31. The minimum atomic E-state index is -3.59. The van der Waals surface area contributed by atoms with E-state index in [9.17, 15) is 4.39 Å². The largest absolute Gasteiger partial charge is 0.436 e. The third kappa shape index (κ3) is 3.66. The number of halogens is 5. The first-order valence-electron chi connectivity index (χ1n) is 9.17. The molecule has 0 saturated carbocycles. The van der Waals surface area contributed by atoms with E-state index in [1.165, 1.54) is 26.0 Å².